The smallest absolute Gasteiger partial charge is 0.132 e. The number of hydrogen-bond donors (Lipinski definition) is 1. The molecule has 0 radical (unpaired) electrons. The van der Waals surface area contributed by atoms with E-state index in [0.717, 1.165) is 25.2 Å². The zero-order chi connectivity index (χ0) is 13.8. The van der Waals surface area contributed by atoms with Gasteiger partial charge in [0.1, 0.15) is 12.1 Å². The van der Waals surface area contributed by atoms with Crippen LogP contribution in [0, 0.1) is 0 Å². The van der Waals surface area contributed by atoms with Gasteiger partial charge in [0.15, 0.2) is 0 Å². The van der Waals surface area contributed by atoms with Gasteiger partial charge in [0, 0.05) is 22.5 Å². The van der Waals surface area contributed by atoms with Crippen LogP contribution in [0.4, 0.5) is 5.82 Å². The summed E-state index contributed by atoms with van der Waals surface area (Å²) in [6, 6.07) is 0. The summed E-state index contributed by atoms with van der Waals surface area (Å²) in [6.45, 7) is 1.05. The Kier molecular flexibility index (Phi) is 4.49. The molecule has 1 saturated carbocycles. The molecule has 0 aromatic carbocycles. The van der Waals surface area contributed by atoms with E-state index in [9.17, 15) is 0 Å². The van der Waals surface area contributed by atoms with E-state index in [-0.39, 0.29) is 0 Å². The summed E-state index contributed by atoms with van der Waals surface area (Å²) in [6.07, 6.45) is 15.7. The molecule has 1 aromatic heterocycles. The molecule has 2 aliphatic rings. The Balaban J connectivity index is 1.71. The number of fused-ring (bicyclic) bond motifs is 1. The Labute approximate surface area is 126 Å². The van der Waals surface area contributed by atoms with Crippen molar-refractivity contribution in [2.75, 3.05) is 18.1 Å². The standard InChI is InChI=1S/C16H25N3S/c1-20-16(9-5-2-6-10-16)11-17-15-13-7-3-4-8-14(13)18-12-19-15/h12H,2-11H2,1H3,(H,17,18,19). The molecule has 4 heteroatoms. The normalized spacial score (nSPS) is 21.2. The Bertz CT molecular complexity index is 455. The van der Waals surface area contributed by atoms with Gasteiger partial charge in [-0.3, -0.25) is 0 Å². The van der Waals surface area contributed by atoms with Gasteiger partial charge in [0.25, 0.3) is 0 Å². The Hall–Kier alpha value is -0.770. The summed E-state index contributed by atoms with van der Waals surface area (Å²) in [5.74, 6) is 1.11. The number of hydrogen-bond acceptors (Lipinski definition) is 4. The van der Waals surface area contributed by atoms with E-state index in [1.54, 1.807) is 6.33 Å². The molecular formula is C16H25N3S. The lowest BCUT2D eigenvalue weighted by Crippen LogP contribution is -2.36. The van der Waals surface area contributed by atoms with Gasteiger partial charge in [-0.25, -0.2) is 9.97 Å². The summed E-state index contributed by atoms with van der Waals surface area (Å²) in [5, 5.41) is 3.66. The second kappa shape index (κ2) is 6.33. The van der Waals surface area contributed by atoms with E-state index in [0.29, 0.717) is 4.75 Å². The predicted molar refractivity (Wildman–Crippen MR) is 86.5 cm³/mol. The number of rotatable bonds is 4. The van der Waals surface area contributed by atoms with Gasteiger partial charge >= 0.3 is 0 Å². The zero-order valence-corrected chi connectivity index (χ0v) is 13.3. The molecule has 20 heavy (non-hydrogen) atoms. The maximum Gasteiger partial charge on any atom is 0.132 e. The van der Waals surface area contributed by atoms with Crippen molar-refractivity contribution in [3.05, 3.63) is 17.6 Å². The van der Waals surface area contributed by atoms with Gasteiger partial charge in [-0.2, -0.15) is 11.8 Å². The van der Waals surface area contributed by atoms with E-state index in [1.807, 2.05) is 11.8 Å². The highest BCUT2D eigenvalue weighted by Crippen LogP contribution is 2.39. The Morgan fingerprint density at radius 3 is 2.70 bits per heavy atom. The van der Waals surface area contributed by atoms with E-state index in [1.165, 1.54) is 56.2 Å². The highest BCUT2D eigenvalue weighted by Gasteiger charge is 2.31. The van der Waals surface area contributed by atoms with Gasteiger partial charge in [-0.05, 0) is 44.8 Å². The van der Waals surface area contributed by atoms with Crippen LogP contribution >= 0.6 is 11.8 Å². The second-order valence-corrected chi connectivity index (χ2v) is 7.43. The van der Waals surface area contributed by atoms with Crippen LogP contribution in [-0.4, -0.2) is 27.5 Å². The van der Waals surface area contributed by atoms with Crippen LogP contribution < -0.4 is 5.32 Å². The van der Waals surface area contributed by atoms with Crippen molar-refractivity contribution in [3.63, 3.8) is 0 Å². The van der Waals surface area contributed by atoms with Crippen LogP contribution in [0.2, 0.25) is 0 Å². The fraction of sp³-hybridized carbons (Fsp3) is 0.750. The minimum atomic E-state index is 0.421. The first-order valence-corrected chi connectivity index (χ1v) is 9.17. The van der Waals surface area contributed by atoms with Crippen LogP contribution in [-0.2, 0) is 12.8 Å². The largest absolute Gasteiger partial charge is 0.368 e. The van der Waals surface area contributed by atoms with Crippen LogP contribution in [0.1, 0.15) is 56.2 Å². The first kappa shape index (κ1) is 14.2. The third-order valence-corrected chi connectivity index (χ3v) is 6.32. The molecule has 1 N–H and O–H groups in total. The highest BCUT2D eigenvalue weighted by molar-refractivity contribution is 8.00. The summed E-state index contributed by atoms with van der Waals surface area (Å²) < 4.78 is 0.421. The van der Waals surface area contributed by atoms with Crippen molar-refractivity contribution in [1.82, 2.24) is 9.97 Å². The molecule has 0 unspecified atom stereocenters. The molecule has 0 saturated heterocycles. The first-order valence-electron chi connectivity index (χ1n) is 7.95. The predicted octanol–water partition coefficient (Wildman–Crippen LogP) is 3.83. The minimum Gasteiger partial charge on any atom is -0.368 e. The van der Waals surface area contributed by atoms with Gasteiger partial charge < -0.3 is 5.32 Å². The zero-order valence-electron chi connectivity index (χ0n) is 12.5. The number of nitrogens with one attached hydrogen (secondary N) is 1. The molecule has 0 spiro atoms. The van der Waals surface area contributed by atoms with Gasteiger partial charge in [0.2, 0.25) is 0 Å². The number of aromatic nitrogens is 2. The summed E-state index contributed by atoms with van der Waals surface area (Å²) in [5.41, 5.74) is 2.65. The Morgan fingerprint density at radius 1 is 1.10 bits per heavy atom. The molecule has 1 aromatic rings. The number of nitrogens with zero attached hydrogens (tertiary/aromatic N) is 2. The van der Waals surface area contributed by atoms with Crippen molar-refractivity contribution in [2.24, 2.45) is 0 Å². The molecule has 0 bridgehead atoms. The monoisotopic (exact) mass is 291 g/mol. The van der Waals surface area contributed by atoms with Crippen molar-refractivity contribution < 1.29 is 0 Å². The van der Waals surface area contributed by atoms with Gasteiger partial charge in [-0.15, -0.1) is 0 Å². The fourth-order valence-electron chi connectivity index (χ4n) is 3.57. The van der Waals surface area contributed by atoms with E-state index < -0.39 is 0 Å². The fourth-order valence-corrected chi connectivity index (χ4v) is 4.48. The maximum atomic E-state index is 4.51. The molecule has 3 nitrogen and oxygen atoms in total. The van der Waals surface area contributed by atoms with Crippen LogP contribution in [0.15, 0.2) is 6.33 Å². The summed E-state index contributed by atoms with van der Waals surface area (Å²) >= 11 is 2.04. The number of aryl methyl sites for hydroxylation is 1. The molecule has 1 fully saturated rings. The lowest BCUT2D eigenvalue weighted by molar-refractivity contribution is 0.411. The van der Waals surface area contributed by atoms with E-state index >= 15 is 0 Å². The molecule has 0 atom stereocenters. The van der Waals surface area contributed by atoms with Crippen LogP contribution in [0.3, 0.4) is 0 Å². The highest BCUT2D eigenvalue weighted by atomic mass is 32.2. The molecule has 2 aliphatic carbocycles. The molecular weight excluding hydrogens is 266 g/mol. The third kappa shape index (κ3) is 2.95. The summed E-state index contributed by atoms with van der Waals surface area (Å²) in [4.78, 5) is 8.97. The van der Waals surface area contributed by atoms with Crippen molar-refractivity contribution in [2.45, 2.75) is 62.5 Å². The first-order chi connectivity index (χ1) is 9.83. The molecule has 1 heterocycles. The van der Waals surface area contributed by atoms with Crippen molar-refractivity contribution in [3.8, 4) is 0 Å². The lowest BCUT2D eigenvalue weighted by atomic mass is 9.88. The molecule has 0 amide bonds. The lowest BCUT2D eigenvalue weighted by Gasteiger charge is -2.36. The van der Waals surface area contributed by atoms with E-state index in [4.69, 9.17) is 0 Å². The average Bonchev–Trinajstić information content (AvgIpc) is 2.54. The average molecular weight is 291 g/mol. The summed E-state index contributed by atoms with van der Waals surface area (Å²) in [7, 11) is 0. The SMILES string of the molecule is CSC1(CNc2ncnc3c2CCCC3)CCCCC1. The molecule has 0 aliphatic heterocycles. The minimum absolute atomic E-state index is 0.421. The molecule has 3 rings (SSSR count). The molecule has 110 valence electrons. The van der Waals surface area contributed by atoms with Crippen molar-refractivity contribution >= 4 is 17.6 Å². The van der Waals surface area contributed by atoms with Gasteiger partial charge in [-0.1, -0.05) is 19.3 Å². The maximum absolute atomic E-state index is 4.51. The van der Waals surface area contributed by atoms with Gasteiger partial charge in [0.05, 0.1) is 0 Å². The Morgan fingerprint density at radius 2 is 1.90 bits per heavy atom. The third-order valence-electron chi connectivity index (χ3n) is 4.90. The number of anilines is 1. The number of thioether (sulfide) groups is 1. The quantitative estimate of drug-likeness (QED) is 0.915. The van der Waals surface area contributed by atoms with Crippen LogP contribution in [0.25, 0.3) is 0 Å². The topological polar surface area (TPSA) is 37.8 Å². The van der Waals surface area contributed by atoms with Crippen molar-refractivity contribution in [1.29, 1.82) is 0 Å². The van der Waals surface area contributed by atoms with Crippen LogP contribution in [0.5, 0.6) is 0 Å². The second-order valence-electron chi connectivity index (χ2n) is 6.16. The van der Waals surface area contributed by atoms with E-state index in [2.05, 4.69) is 21.5 Å².